The minimum Gasteiger partial charge on any atom is -0.411 e. The molecule has 0 aromatic carbocycles. The van der Waals surface area contributed by atoms with Crippen molar-refractivity contribution in [2.45, 2.75) is 0 Å². The second kappa shape index (κ2) is 2.81. The SMILES string of the molecule is S=C(S)OS. The summed E-state index contributed by atoms with van der Waals surface area (Å²) in [6.07, 6.45) is 0. The summed E-state index contributed by atoms with van der Waals surface area (Å²) in [4.78, 5) is 0. The molecule has 0 aliphatic carbocycles. The van der Waals surface area contributed by atoms with E-state index in [1.807, 2.05) is 0 Å². The molecule has 0 atom stereocenters. The van der Waals surface area contributed by atoms with Crippen LogP contribution in [0.2, 0.25) is 0 Å². The van der Waals surface area contributed by atoms with E-state index in [1.54, 1.807) is 0 Å². The van der Waals surface area contributed by atoms with Crippen molar-refractivity contribution in [3.05, 3.63) is 0 Å². The Bertz CT molecular complexity index is 42.2. The van der Waals surface area contributed by atoms with Crippen LogP contribution in [-0.4, -0.2) is 4.38 Å². The van der Waals surface area contributed by atoms with Crippen LogP contribution >= 0.6 is 37.8 Å². The summed E-state index contributed by atoms with van der Waals surface area (Å²) in [5, 5.41) is 0. The Balaban J connectivity index is 2.85. The van der Waals surface area contributed by atoms with Crippen LogP contribution in [0.5, 0.6) is 0 Å². The molecule has 0 saturated heterocycles. The highest BCUT2D eigenvalue weighted by molar-refractivity contribution is 8.11. The van der Waals surface area contributed by atoms with Gasteiger partial charge in [0.2, 0.25) is 4.38 Å². The van der Waals surface area contributed by atoms with Gasteiger partial charge in [-0.05, 0) is 12.2 Å². The number of thiocarbonyl (C=S) groups is 1. The molecule has 0 amide bonds. The molecular formula is CH2OS3. The minimum absolute atomic E-state index is 0.147. The average Bonchev–Trinajstić information content (AvgIpc) is 1.38. The minimum atomic E-state index is 0.147. The summed E-state index contributed by atoms with van der Waals surface area (Å²) >= 11 is 11.1. The monoisotopic (exact) mass is 126 g/mol. The van der Waals surface area contributed by atoms with Crippen molar-refractivity contribution in [1.29, 1.82) is 0 Å². The number of rotatable bonds is 0. The summed E-state index contributed by atoms with van der Waals surface area (Å²) in [5.74, 6) is 0. The largest absolute Gasteiger partial charge is 0.411 e. The van der Waals surface area contributed by atoms with Crippen LogP contribution < -0.4 is 0 Å². The van der Waals surface area contributed by atoms with E-state index in [4.69, 9.17) is 0 Å². The first-order valence-corrected chi connectivity index (χ1v) is 2.04. The molecule has 0 radical (unpaired) electrons. The van der Waals surface area contributed by atoms with Crippen molar-refractivity contribution in [1.82, 2.24) is 0 Å². The third-order valence-corrected chi connectivity index (χ3v) is 0.703. The van der Waals surface area contributed by atoms with Gasteiger partial charge in [0, 0.05) is 12.9 Å². The number of thiol groups is 2. The summed E-state index contributed by atoms with van der Waals surface area (Å²) in [6.45, 7) is 0. The van der Waals surface area contributed by atoms with Gasteiger partial charge >= 0.3 is 0 Å². The second-order valence-corrected chi connectivity index (χ2v) is 1.62. The van der Waals surface area contributed by atoms with E-state index >= 15 is 0 Å². The zero-order chi connectivity index (χ0) is 4.28. The molecule has 0 rings (SSSR count). The molecule has 0 aromatic rings. The Morgan fingerprint density at radius 1 is 1.80 bits per heavy atom. The van der Waals surface area contributed by atoms with Crippen molar-refractivity contribution in [2.24, 2.45) is 0 Å². The van der Waals surface area contributed by atoms with Crippen molar-refractivity contribution < 1.29 is 4.18 Å². The summed E-state index contributed by atoms with van der Waals surface area (Å²) in [7, 11) is 0. The molecule has 0 heterocycles. The van der Waals surface area contributed by atoms with Crippen LogP contribution in [0, 0.1) is 0 Å². The van der Waals surface area contributed by atoms with E-state index in [-0.39, 0.29) is 4.38 Å². The summed E-state index contributed by atoms with van der Waals surface area (Å²) < 4.78 is 4.19. The molecule has 0 aliphatic rings. The molecule has 30 valence electrons. The zero-order valence-corrected chi connectivity index (χ0v) is 4.82. The van der Waals surface area contributed by atoms with Crippen LogP contribution in [0.15, 0.2) is 0 Å². The van der Waals surface area contributed by atoms with Gasteiger partial charge in [0.25, 0.3) is 0 Å². The highest BCUT2D eigenvalue weighted by Crippen LogP contribution is 1.86. The van der Waals surface area contributed by atoms with E-state index in [0.717, 1.165) is 0 Å². The number of hydrogen-bond donors (Lipinski definition) is 2. The maximum Gasteiger partial charge on any atom is 0.231 e. The lowest BCUT2D eigenvalue weighted by atomic mass is 11.7. The first-order valence-electron chi connectivity index (χ1n) is 0.814. The molecule has 0 saturated carbocycles. The molecule has 0 N–H and O–H groups in total. The third-order valence-electron chi connectivity index (χ3n) is 0.0781. The van der Waals surface area contributed by atoms with Crippen molar-refractivity contribution in [2.75, 3.05) is 0 Å². The highest BCUT2D eigenvalue weighted by Gasteiger charge is 1.72. The molecule has 0 fully saturated rings. The molecule has 0 aliphatic heterocycles. The van der Waals surface area contributed by atoms with E-state index in [9.17, 15) is 0 Å². The maximum atomic E-state index is 4.26. The van der Waals surface area contributed by atoms with Crippen molar-refractivity contribution >= 4 is 42.1 Å². The maximum absolute atomic E-state index is 4.26. The van der Waals surface area contributed by atoms with Crippen molar-refractivity contribution in [3.8, 4) is 0 Å². The fourth-order valence-electron chi connectivity index (χ4n) is 0. The van der Waals surface area contributed by atoms with Gasteiger partial charge < -0.3 is 4.18 Å². The van der Waals surface area contributed by atoms with Gasteiger partial charge in [-0.3, -0.25) is 0 Å². The molecule has 0 unspecified atom stereocenters. The summed E-state index contributed by atoms with van der Waals surface area (Å²) in [5.41, 5.74) is 0. The van der Waals surface area contributed by atoms with E-state index in [2.05, 4.69) is 41.9 Å². The predicted molar refractivity (Wildman–Crippen MR) is 31.7 cm³/mol. The molecule has 0 bridgehead atoms. The summed E-state index contributed by atoms with van der Waals surface area (Å²) in [6, 6.07) is 0. The molecule has 5 heavy (non-hydrogen) atoms. The fourth-order valence-corrected chi connectivity index (χ4v) is 0. The smallest absolute Gasteiger partial charge is 0.231 e. The van der Waals surface area contributed by atoms with Gasteiger partial charge in [-0.15, -0.1) is 0 Å². The van der Waals surface area contributed by atoms with E-state index < -0.39 is 0 Å². The lowest BCUT2D eigenvalue weighted by molar-refractivity contribution is 0.696. The van der Waals surface area contributed by atoms with Gasteiger partial charge in [0.05, 0.1) is 0 Å². The Kier molecular flexibility index (Phi) is 3.14. The zero-order valence-electron chi connectivity index (χ0n) is 2.21. The van der Waals surface area contributed by atoms with E-state index in [1.165, 1.54) is 0 Å². The van der Waals surface area contributed by atoms with Crippen LogP contribution in [0.4, 0.5) is 0 Å². The van der Waals surface area contributed by atoms with Gasteiger partial charge in [0.1, 0.15) is 0 Å². The van der Waals surface area contributed by atoms with E-state index in [0.29, 0.717) is 0 Å². The average molecular weight is 126 g/mol. The lowest BCUT2D eigenvalue weighted by Crippen LogP contribution is -1.72. The lowest BCUT2D eigenvalue weighted by Gasteiger charge is -1.80. The van der Waals surface area contributed by atoms with Gasteiger partial charge in [0.15, 0.2) is 0 Å². The van der Waals surface area contributed by atoms with Crippen LogP contribution in [0.25, 0.3) is 0 Å². The normalized spacial score (nSPS) is 6.80. The third kappa shape index (κ3) is 4.59. The first kappa shape index (κ1) is 5.59. The topological polar surface area (TPSA) is 9.23 Å². The quantitative estimate of drug-likeness (QED) is 0.285. The fraction of sp³-hybridized carbons (Fsp3) is 0. The molecule has 0 aromatic heterocycles. The molecule has 0 spiro atoms. The second-order valence-electron chi connectivity index (χ2n) is 0.357. The van der Waals surface area contributed by atoms with Crippen LogP contribution in [0.3, 0.4) is 0 Å². The molecule has 4 heteroatoms. The van der Waals surface area contributed by atoms with Crippen molar-refractivity contribution in [3.63, 3.8) is 0 Å². The van der Waals surface area contributed by atoms with Gasteiger partial charge in [-0.25, -0.2) is 0 Å². The highest BCUT2D eigenvalue weighted by atomic mass is 32.1. The standard InChI is InChI=1S/CH2OS3/c3-1(4)2-5/h5H,(H,3,4). The van der Waals surface area contributed by atoms with Gasteiger partial charge in [-0.1, -0.05) is 12.6 Å². The molecule has 1 nitrogen and oxygen atoms in total. The van der Waals surface area contributed by atoms with Crippen LogP contribution in [-0.2, 0) is 4.18 Å². The Hall–Kier alpha value is 0.590. The van der Waals surface area contributed by atoms with Crippen LogP contribution in [0.1, 0.15) is 0 Å². The Morgan fingerprint density at radius 2 is 2.00 bits per heavy atom. The number of hydrogen-bond acceptors (Lipinski definition) is 3. The first-order chi connectivity index (χ1) is 2.27. The Morgan fingerprint density at radius 3 is 2.00 bits per heavy atom. The predicted octanol–water partition coefficient (Wildman–Crippen LogP) is 1.06. The van der Waals surface area contributed by atoms with Gasteiger partial charge in [-0.2, -0.15) is 0 Å². The Labute approximate surface area is 46.7 Å². The molecular weight excluding hydrogens is 124 g/mol.